The quantitative estimate of drug-likeness (QED) is 0.870. The summed E-state index contributed by atoms with van der Waals surface area (Å²) in [6.45, 7) is 4.02. The molecule has 1 aromatic carbocycles. The van der Waals surface area contributed by atoms with Crippen LogP contribution in [0.15, 0.2) is 18.2 Å². The van der Waals surface area contributed by atoms with Gasteiger partial charge in [0.1, 0.15) is 0 Å². The molecule has 5 heteroatoms. The van der Waals surface area contributed by atoms with Crippen LogP contribution in [0.1, 0.15) is 31.7 Å². The second kappa shape index (κ2) is 7.31. The Hall–Kier alpha value is -1.75. The molecule has 0 bridgehead atoms. The van der Waals surface area contributed by atoms with E-state index in [1.54, 1.807) is 13.1 Å². The van der Waals surface area contributed by atoms with Gasteiger partial charge in [0.25, 0.3) is 0 Å². The number of phenols is 1. The number of likely N-dealkylation sites (tertiary alicyclic amines) is 1. The van der Waals surface area contributed by atoms with Crippen molar-refractivity contribution in [3.05, 3.63) is 23.8 Å². The van der Waals surface area contributed by atoms with Crippen molar-refractivity contribution in [3.63, 3.8) is 0 Å². The average Bonchev–Trinajstić information content (AvgIpc) is 2.50. The number of nitrogens with one attached hydrogen (secondary N) is 1. The van der Waals surface area contributed by atoms with Crippen LogP contribution in [-0.2, 0) is 11.3 Å². The van der Waals surface area contributed by atoms with Gasteiger partial charge in [-0.1, -0.05) is 12.5 Å². The predicted octanol–water partition coefficient (Wildman–Crippen LogP) is 1.89. The van der Waals surface area contributed by atoms with Crippen molar-refractivity contribution in [2.24, 2.45) is 0 Å². The summed E-state index contributed by atoms with van der Waals surface area (Å²) in [6.07, 6.45) is 3.11. The summed E-state index contributed by atoms with van der Waals surface area (Å²) < 4.78 is 5.41. The lowest BCUT2D eigenvalue weighted by molar-refractivity contribution is -0.127. The molecule has 1 atom stereocenters. The normalized spacial score (nSPS) is 19.2. The molecule has 1 fully saturated rings. The van der Waals surface area contributed by atoms with Gasteiger partial charge in [0.05, 0.1) is 12.6 Å². The Morgan fingerprint density at radius 2 is 2.29 bits per heavy atom. The first-order valence-electron chi connectivity index (χ1n) is 7.56. The number of likely N-dealkylation sites (N-methyl/N-ethyl adjacent to an activating group) is 1. The summed E-state index contributed by atoms with van der Waals surface area (Å²) in [6, 6.07) is 5.33. The van der Waals surface area contributed by atoms with Gasteiger partial charge < -0.3 is 15.2 Å². The lowest BCUT2D eigenvalue weighted by Gasteiger charge is -2.34. The first kappa shape index (κ1) is 15.6. The summed E-state index contributed by atoms with van der Waals surface area (Å²) >= 11 is 0. The third kappa shape index (κ3) is 3.88. The van der Waals surface area contributed by atoms with Crippen LogP contribution in [-0.4, -0.2) is 42.2 Å². The maximum Gasteiger partial charge on any atom is 0.237 e. The first-order valence-corrected chi connectivity index (χ1v) is 7.56. The van der Waals surface area contributed by atoms with Gasteiger partial charge in [-0.15, -0.1) is 0 Å². The van der Waals surface area contributed by atoms with E-state index >= 15 is 0 Å². The van der Waals surface area contributed by atoms with Crippen molar-refractivity contribution >= 4 is 5.91 Å². The van der Waals surface area contributed by atoms with Crippen LogP contribution in [0.2, 0.25) is 0 Å². The molecule has 1 saturated heterocycles. The van der Waals surface area contributed by atoms with E-state index in [1.165, 1.54) is 0 Å². The van der Waals surface area contributed by atoms with Crippen LogP contribution in [0.5, 0.6) is 11.5 Å². The molecule has 116 valence electrons. The Bertz CT molecular complexity index is 490. The molecule has 0 saturated carbocycles. The highest BCUT2D eigenvalue weighted by molar-refractivity contribution is 5.81. The van der Waals surface area contributed by atoms with Crippen molar-refractivity contribution < 1.29 is 14.6 Å². The van der Waals surface area contributed by atoms with E-state index in [4.69, 9.17) is 4.74 Å². The van der Waals surface area contributed by atoms with Crippen molar-refractivity contribution in [3.8, 4) is 11.5 Å². The highest BCUT2D eigenvalue weighted by atomic mass is 16.5. The summed E-state index contributed by atoms with van der Waals surface area (Å²) in [5.74, 6) is 0.740. The van der Waals surface area contributed by atoms with Crippen LogP contribution in [0.4, 0.5) is 0 Å². The number of ether oxygens (including phenoxy) is 1. The Labute approximate surface area is 125 Å². The molecule has 0 radical (unpaired) electrons. The second-order valence-electron chi connectivity index (χ2n) is 5.33. The third-order valence-corrected chi connectivity index (χ3v) is 3.87. The molecule has 1 unspecified atom stereocenters. The van der Waals surface area contributed by atoms with Gasteiger partial charge in [0, 0.05) is 13.6 Å². The topological polar surface area (TPSA) is 61.8 Å². The number of phenolic OH excluding ortho intramolecular Hbond substituents is 1. The van der Waals surface area contributed by atoms with Crippen molar-refractivity contribution in [1.82, 2.24) is 10.2 Å². The Balaban J connectivity index is 2.11. The summed E-state index contributed by atoms with van der Waals surface area (Å²) in [5.41, 5.74) is 1.05. The fraction of sp³-hybridized carbons (Fsp3) is 0.562. The molecule has 0 spiro atoms. The summed E-state index contributed by atoms with van der Waals surface area (Å²) in [4.78, 5) is 14.2. The number of piperidine rings is 1. The van der Waals surface area contributed by atoms with Gasteiger partial charge >= 0.3 is 0 Å². The number of hydrogen-bond acceptors (Lipinski definition) is 4. The molecule has 1 aromatic rings. The van der Waals surface area contributed by atoms with E-state index in [0.29, 0.717) is 18.9 Å². The van der Waals surface area contributed by atoms with E-state index in [9.17, 15) is 9.90 Å². The fourth-order valence-electron chi connectivity index (χ4n) is 2.81. The molecule has 1 amide bonds. The summed E-state index contributed by atoms with van der Waals surface area (Å²) in [7, 11) is 1.68. The Kier molecular flexibility index (Phi) is 5.44. The Morgan fingerprint density at radius 3 is 3.00 bits per heavy atom. The number of benzene rings is 1. The third-order valence-electron chi connectivity index (χ3n) is 3.87. The zero-order valence-electron chi connectivity index (χ0n) is 12.8. The maximum atomic E-state index is 12.0. The molecule has 1 aliphatic rings. The largest absolute Gasteiger partial charge is 0.504 e. The number of nitrogens with zero attached hydrogens (tertiary/aromatic N) is 1. The SMILES string of the molecule is CCOc1cc(CN2CCCCC2C(=O)NC)ccc1O. The van der Waals surface area contributed by atoms with Crippen LogP contribution in [0, 0.1) is 0 Å². The smallest absolute Gasteiger partial charge is 0.237 e. The van der Waals surface area contributed by atoms with Gasteiger partial charge in [0.15, 0.2) is 11.5 Å². The minimum atomic E-state index is -0.0619. The van der Waals surface area contributed by atoms with E-state index in [-0.39, 0.29) is 17.7 Å². The molecule has 21 heavy (non-hydrogen) atoms. The van der Waals surface area contributed by atoms with Crippen LogP contribution in [0.25, 0.3) is 0 Å². The molecular weight excluding hydrogens is 268 g/mol. The number of aromatic hydroxyl groups is 1. The van der Waals surface area contributed by atoms with Gasteiger partial charge in [-0.2, -0.15) is 0 Å². The molecule has 1 heterocycles. The van der Waals surface area contributed by atoms with Gasteiger partial charge in [0.2, 0.25) is 5.91 Å². The van der Waals surface area contributed by atoms with Crippen LogP contribution in [0.3, 0.4) is 0 Å². The number of hydrogen-bond donors (Lipinski definition) is 2. The van der Waals surface area contributed by atoms with Crippen LogP contribution < -0.4 is 10.1 Å². The molecule has 2 rings (SSSR count). The van der Waals surface area contributed by atoms with Crippen molar-refractivity contribution in [2.75, 3.05) is 20.2 Å². The van der Waals surface area contributed by atoms with Crippen molar-refractivity contribution in [1.29, 1.82) is 0 Å². The Morgan fingerprint density at radius 1 is 1.48 bits per heavy atom. The second-order valence-corrected chi connectivity index (χ2v) is 5.33. The zero-order chi connectivity index (χ0) is 15.2. The molecule has 1 aliphatic heterocycles. The van der Waals surface area contributed by atoms with E-state index in [2.05, 4.69) is 10.2 Å². The standard InChI is InChI=1S/C16H24N2O3/c1-3-21-15-10-12(7-8-14(15)19)11-18-9-5-4-6-13(18)16(20)17-2/h7-8,10,13,19H,3-6,9,11H2,1-2H3,(H,17,20). The lowest BCUT2D eigenvalue weighted by Crippen LogP contribution is -2.48. The van der Waals surface area contributed by atoms with Crippen LogP contribution >= 0.6 is 0 Å². The molecule has 0 aliphatic carbocycles. The highest BCUT2D eigenvalue weighted by Gasteiger charge is 2.27. The number of carbonyl (C=O) groups is 1. The molecular formula is C16H24N2O3. The van der Waals surface area contributed by atoms with Gasteiger partial charge in [-0.25, -0.2) is 0 Å². The number of carbonyl (C=O) groups excluding carboxylic acids is 1. The van der Waals surface area contributed by atoms with E-state index in [0.717, 1.165) is 31.4 Å². The fourth-order valence-corrected chi connectivity index (χ4v) is 2.81. The number of amides is 1. The van der Waals surface area contributed by atoms with Crippen molar-refractivity contribution in [2.45, 2.75) is 38.8 Å². The van der Waals surface area contributed by atoms with E-state index in [1.807, 2.05) is 19.1 Å². The number of rotatable bonds is 5. The van der Waals surface area contributed by atoms with E-state index < -0.39 is 0 Å². The predicted molar refractivity (Wildman–Crippen MR) is 81.4 cm³/mol. The molecule has 5 nitrogen and oxygen atoms in total. The minimum Gasteiger partial charge on any atom is -0.504 e. The minimum absolute atomic E-state index is 0.0619. The summed E-state index contributed by atoms with van der Waals surface area (Å²) in [5, 5.41) is 12.5. The average molecular weight is 292 g/mol. The first-order chi connectivity index (χ1) is 10.2. The lowest BCUT2D eigenvalue weighted by atomic mass is 10.0. The highest BCUT2D eigenvalue weighted by Crippen LogP contribution is 2.28. The van der Waals surface area contributed by atoms with Gasteiger partial charge in [-0.3, -0.25) is 9.69 Å². The monoisotopic (exact) mass is 292 g/mol. The zero-order valence-corrected chi connectivity index (χ0v) is 12.8. The molecule has 2 N–H and O–H groups in total. The maximum absolute atomic E-state index is 12.0. The van der Waals surface area contributed by atoms with Gasteiger partial charge in [-0.05, 0) is 44.0 Å². The molecule has 0 aromatic heterocycles.